The molecule has 0 aliphatic rings. The van der Waals surface area contributed by atoms with Gasteiger partial charge in [0.15, 0.2) is 6.10 Å². The zero-order chi connectivity index (χ0) is 20.9. The predicted molar refractivity (Wildman–Crippen MR) is 107 cm³/mol. The first kappa shape index (κ1) is 22.1. The summed E-state index contributed by atoms with van der Waals surface area (Å²) in [5.41, 5.74) is 0.423. The molecular weight excluding hydrogens is 402 g/mol. The van der Waals surface area contributed by atoms with E-state index in [1.807, 2.05) is 0 Å². The maximum Gasteiger partial charge on any atom is 0.338 e. The van der Waals surface area contributed by atoms with Crippen LogP contribution in [0.25, 0.3) is 0 Å². The van der Waals surface area contributed by atoms with E-state index in [4.69, 9.17) is 16.3 Å². The Morgan fingerprint density at radius 2 is 1.64 bits per heavy atom. The summed E-state index contributed by atoms with van der Waals surface area (Å²) in [6.07, 6.45) is -1.03. The Balaban J connectivity index is 2.18. The first-order chi connectivity index (χ1) is 13.2. The number of halogens is 1. The van der Waals surface area contributed by atoms with Crippen LogP contribution in [-0.2, 0) is 14.8 Å². The minimum Gasteiger partial charge on any atom is -0.451 e. The van der Waals surface area contributed by atoms with Crippen LogP contribution in [0.15, 0.2) is 53.4 Å². The number of ether oxygens (including phenoxy) is 1. The van der Waals surface area contributed by atoms with Crippen LogP contribution < -0.4 is 0 Å². The summed E-state index contributed by atoms with van der Waals surface area (Å²) in [7, 11) is -3.70. The summed E-state index contributed by atoms with van der Waals surface area (Å²) in [4.78, 5) is 24.8. The number of benzene rings is 2. The molecule has 0 amide bonds. The molecule has 0 radical (unpaired) electrons. The average molecular weight is 424 g/mol. The second-order valence-electron chi connectivity index (χ2n) is 6.04. The number of hydrogen-bond acceptors (Lipinski definition) is 5. The second-order valence-corrected chi connectivity index (χ2v) is 8.41. The quantitative estimate of drug-likeness (QED) is 0.476. The molecule has 6 nitrogen and oxygen atoms in total. The molecule has 28 heavy (non-hydrogen) atoms. The summed E-state index contributed by atoms with van der Waals surface area (Å²) < 4.78 is 31.8. The van der Waals surface area contributed by atoms with Crippen molar-refractivity contribution in [1.82, 2.24) is 4.31 Å². The number of esters is 1. The van der Waals surface area contributed by atoms with E-state index in [9.17, 15) is 18.0 Å². The second kappa shape index (κ2) is 9.32. The zero-order valence-electron chi connectivity index (χ0n) is 15.9. The molecule has 0 aliphatic carbocycles. The standard InChI is InChI=1S/C20H22ClNO5S/c1-4-22(5-2)28(25,26)18-8-6-7-16(13-18)20(24)27-14(3)19(23)15-9-11-17(21)12-10-15/h6-14H,4-5H2,1-3H3. The van der Waals surface area contributed by atoms with E-state index < -0.39 is 22.1 Å². The van der Waals surface area contributed by atoms with E-state index in [1.54, 1.807) is 38.1 Å². The maximum absolute atomic E-state index is 12.6. The molecule has 0 N–H and O–H groups in total. The van der Waals surface area contributed by atoms with Gasteiger partial charge >= 0.3 is 5.97 Å². The predicted octanol–water partition coefficient (Wildman–Crippen LogP) is 3.80. The molecule has 0 saturated carbocycles. The van der Waals surface area contributed by atoms with Crippen LogP contribution in [-0.4, -0.2) is 43.7 Å². The fraction of sp³-hybridized carbons (Fsp3) is 0.300. The summed E-state index contributed by atoms with van der Waals surface area (Å²) in [5, 5.41) is 0.493. The molecule has 0 spiro atoms. The van der Waals surface area contributed by atoms with Crippen molar-refractivity contribution >= 4 is 33.4 Å². The molecule has 2 aromatic rings. The Morgan fingerprint density at radius 1 is 1.04 bits per heavy atom. The fourth-order valence-corrected chi connectivity index (χ4v) is 4.26. The summed E-state index contributed by atoms with van der Waals surface area (Å²) in [6, 6.07) is 11.8. The highest BCUT2D eigenvalue weighted by molar-refractivity contribution is 7.89. The van der Waals surface area contributed by atoms with Gasteiger partial charge in [-0.1, -0.05) is 31.5 Å². The maximum atomic E-state index is 12.6. The van der Waals surface area contributed by atoms with E-state index in [2.05, 4.69) is 0 Å². The molecule has 0 bridgehead atoms. The van der Waals surface area contributed by atoms with E-state index in [-0.39, 0.29) is 16.2 Å². The number of ketones is 1. The Hall–Kier alpha value is -2.22. The van der Waals surface area contributed by atoms with Gasteiger partial charge < -0.3 is 4.74 Å². The van der Waals surface area contributed by atoms with Crippen LogP contribution in [0.3, 0.4) is 0 Å². The number of rotatable bonds is 8. The molecule has 0 heterocycles. The summed E-state index contributed by atoms with van der Waals surface area (Å²) in [5.74, 6) is -1.15. The summed E-state index contributed by atoms with van der Waals surface area (Å²) >= 11 is 5.81. The number of carbonyl (C=O) groups is 2. The third kappa shape index (κ3) is 4.98. The Labute approximate surface area is 170 Å². The van der Waals surface area contributed by atoms with E-state index in [1.165, 1.54) is 35.5 Å². The average Bonchev–Trinajstić information content (AvgIpc) is 2.68. The lowest BCUT2D eigenvalue weighted by molar-refractivity contribution is 0.0318. The number of nitrogens with zero attached hydrogens (tertiary/aromatic N) is 1. The topological polar surface area (TPSA) is 80.8 Å². The van der Waals surface area contributed by atoms with Crippen LogP contribution in [0, 0.1) is 0 Å². The van der Waals surface area contributed by atoms with E-state index >= 15 is 0 Å². The number of sulfonamides is 1. The van der Waals surface area contributed by atoms with Gasteiger partial charge in [-0.15, -0.1) is 0 Å². The number of Topliss-reactive ketones (excluding diaryl/α,β-unsaturated/α-hetero) is 1. The van der Waals surface area contributed by atoms with Gasteiger partial charge in [-0.3, -0.25) is 4.79 Å². The van der Waals surface area contributed by atoms with Gasteiger partial charge in [-0.25, -0.2) is 13.2 Å². The SMILES string of the molecule is CCN(CC)S(=O)(=O)c1cccc(C(=O)OC(C)C(=O)c2ccc(Cl)cc2)c1. The van der Waals surface area contributed by atoms with Gasteiger partial charge in [0.25, 0.3) is 0 Å². The highest BCUT2D eigenvalue weighted by atomic mass is 35.5. The highest BCUT2D eigenvalue weighted by Crippen LogP contribution is 2.18. The van der Waals surface area contributed by atoms with Crippen LogP contribution in [0.1, 0.15) is 41.5 Å². The van der Waals surface area contributed by atoms with Crippen molar-refractivity contribution in [2.24, 2.45) is 0 Å². The van der Waals surface area contributed by atoms with Crippen LogP contribution in [0.2, 0.25) is 5.02 Å². The molecule has 0 aliphatic heterocycles. The lowest BCUT2D eigenvalue weighted by Crippen LogP contribution is -2.30. The molecule has 0 saturated heterocycles. The monoisotopic (exact) mass is 423 g/mol. The van der Waals surface area contributed by atoms with Crippen molar-refractivity contribution in [2.75, 3.05) is 13.1 Å². The van der Waals surface area contributed by atoms with Crippen molar-refractivity contribution in [3.8, 4) is 0 Å². The van der Waals surface area contributed by atoms with Gasteiger partial charge in [0.1, 0.15) is 0 Å². The van der Waals surface area contributed by atoms with Crippen molar-refractivity contribution in [1.29, 1.82) is 0 Å². The smallest absolute Gasteiger partial charge is 0.338 e. The van der Waals surface area contributed by atoms with Crippen molar-refractivity contribution in [3.05, 3.63) is 64.7 Å². The Kier molecular flexibility index (Phi) is 7.35. The first-order valence-electron chi connectivity index (χ1n) is 8.81. The molecular formula is C20H22ClNO5S. The minimum absolute atomic E-state index is 0.00216. The van der Waals surface area contributed by atoms with E-state index in [0.29, 0.717) is 23.7 Å². The van der Waals surface area contributed by atoms with Gasteiger partial charge in [-0.05, 0) is 49.4 Å². The molecule has 1 unspecified atom stereocenters. The van der Waals surface area contributed by atoms with Gasteiger partial charge in [-0.2, -0.15) is 4.31 Å². The number of hydrogen-bond donors (Lipinski definition) is 0. The lowest BCUT2D eigenvalue weighted by Gasteiger charge is -2.19. The van der Waals surface area contributed by atoms with Crippen molar-refractivity contribution in [3.63, 3.8) is 0 Å². The van der Waals surface area contributed by atoms with Crippen molar-refractivity contribution < 1.29 is 22.7 Å². The van der Waals surface area contributed by atoms with Gasteiger partial charge in [0, 0.05) is 23.7 Å². The van der Waals surface area contributed by atoms with Gasteiger partial charge in [0.2, 0.25) is 15.8 Å². The largest absolute Gasteiger partial charge is 0.451 e. The first-order valence-corrected chi connectivity index (χ1v) is 10.6. The Morgan fingerprint density at radius 3 is 2.21 bits per heavy atom. The Bertz CT molecular complexity index is 953. The molecule has 150 valence electrons. The van der Waals surface area contributed by atoms with Crippen LogP contribution in [0.5, 0.6) is 0 Å². The third-order valence-corrected chi connectivity index (χ3v) is 6.49. The van der Waals surface area contributed by atoms with Gasteiger partial charge in [0.05, 0.1) is 10.5 Å². The van der Waals surface area contributed by atoms with Crippen LogP contribution >= 0.6 is 11.6 Å². The molecule has 0 aromatic heterocycles. The number of carbonyl (C=O) groups excluding carboxylic acids is 2. The van der Waals surface area contributed by atoms with Crippen molar-refractivity contribution in [2.45, 2.75) is 31.8 Å². The molecule has 0 fully saturated rings. The molecule has 2 aromatic carbocycles. The summed E-state index contributed by atoms with van der Waals surface area (Å²) in [6.45, 7) is 5.58. The highest BCUT2D eigenvalue weighted by Gasteiger charge is 2.24. The molecule has 1 atom stereocenters. The van der Waals surface area contributed by atoms with Crippen LogP contribution in [0.4, 0.5) is 0 Å². The molecule has 8 heteroatoms. The third-order valence-electron chi connectivity index (χ3n) is 4.19. The molecule has 2 rings (SSSR count). The zero-order valence-corrected chi connectivity index (χ0v) is 17.5. The lowest BCUT2D eigenvalue weighted by atomic mass is 10.1. The fourth-order valence-electron chi connectivity index (χ4n) is 2.63. The minimum atomic E-state index is -3.70. The van der Waals surface area contributed by atoms with E-state index in [0.717, 1.165) is 0 Å². The normalized spacial score (nSPS) is 12.6.